The Bertz CT molecular complexity index is 931. The second kappa shape index (κ2) is 9.83. The molecule has 0 bridgehead atoms. The van der Waals surface area contributed by atoms with E-state index in [0.29, 0.717) is 24.9 Å². The Balaban J connectivity index is 1.44. The van der Waals surface area contributed by atoms with Crippen LogP contribution in [0.1, 0.15) is 48.6 Å². The Kier molecular flexibility index (Phi) is 6.72. The van der Waals surface area contributed by atoms with Crippen LogP contribution in [0.4, 0.5) is 0 Å². The van der Waals surface area contributed by atoms with Gasteiger partial charge in [-0.3, -0.25) is 9.59 Å². The number of terminal acetylenes is 1. The van der Waals surface area contributed by atoms with E-state index in [1.807, 2.05) is 41.3 Å². The number of benzene rings is 2. The Morgan fingerprint density at radius 1 is 1.03 bits per heavy atom. The summed E-state index contributed by atoms with van der Waals surface area (Å²) in [5.41, 5.74) is 2.49. The molecule has 4 rings (SSSR count). The molecular weight excluding hydrogens is 384 g/mol. The predicted molar refractivity (Wildman–Crippen MR) is 122 cm³/mol. The van der Waals surface area contributed by atoms with Gasteiger partial charge in [-0.25, -0.2) is 0 Å². The lowest BCUT2D eigenvalue weighted by atomic mass is 9.73. The number of nitrogens with zero attached hydrogens (tertiary/aromatic N) is 2. The van der Waals surface area contributed by atoms with Crippen molar-refractivity contribution in [1.29, 1.82) is 0 Å². The summed E-state index contributed by atoms with van der Waals surface area (Å²) in [6.45, 7) is 1.98. The van der Waals surface area contributed by atoms with Gasteiger partial charge in [-0.1, -0.05) is 67.1 Å². The number of carbonyl (C=O) groups is 2. The normalized spacial score (nSPS) is 19.3. The zero-order chi connectivity index (χ0) is 21.6. The van der Waals surface area contributed by atoms with Gasteiger partial charge in [0.15, 0.2) is 0 Å². The quantitative estimate of drug-likeness (QED) is 0.642. The molecule has 1 aliphatic carbocycles. The van der Waals surface area contributed by atoms with Gasteiger partial charge in [0.05, 0.1) is 0 Å². The molecule has 2 aliphatic rings. The maximum absolute atomic E-state index is 13.1. The van der Waals surface area contributed by atoms with Crippen LogP contribution in [0.15, 0.2) is 60.7 Å². The summed E-state index contributed by atoms with van der Waals surface area (Å²) in [5.74, 6) is 2.95. The summed E-state index contributed by atoms with van der Waals surface area (Å²) >= 11 is 0. The van der Waals surface area contributed by atoms with Crippen LogP contribution in [0.2, 0.25) is 0 Å². The Morgan fingerprint density at radius 2 is 1.71 bits per heavy atom. The van der Waals surface area contributed by atoms with Crippen molar-refractivity contribution in [3.05, 3.63) is 71.8 Å². The number of carbonyl (C=O) groups excluding carboxylic acids is 2. The smallest absolute Gasteiger partial charge is 0.298 e. The van der Waals surface area contributed by atoms with Crippen LogP contribution in [-0.4, -0.2) is 47.8 Å². The standard InChI is InChI=1S/C27H30N2O2/c1-2-26(30)29(19-25(23-14-9-15-23)22-12-7-4-8-13-22)20-27(31)28-17-16-24(18-28)21-10-5-3-6-11-21/h1,3-8,10-13,23-25H,9,14-20H2. The van der Waals surface area contributed by atoms with E-state index in [1.54, 1.807) is 4.90 Å². The average Bonchev–Trinajstić information content (AvgIpc) is 3.28. The first kappa shape index (κ1) is 21.2. The van der Waals surface area contributed by atoms with Gasteiger partial charge in [0.2, 0.25) is 5.91 Å². The van der Waals surface area contributed by atoms with Gasteiger partial charge in [-0.05, 0) is 42.2 Å². The van der Waals surface area contributed by atoms with Crippen LogP contribution in [0.3, 0.4) is 0 Å². The minimum Gasteiger partial charge on any atom is -0.341 e. The average molecular weight is 415 g/mol. The van der Waals surface area contributed by atoms with E-state index in [-0.39, 0.29) is 18.4 Å². The van der Waals surface area contributed by atoms with Gasteiger partial charge in [-0.15, -0.1) is 6.42 Å². The second-order valence-electron chi connectivity index (χ2n) is 8.77. The van der Waals surface area contributed by atoms with Crippen molar-refractivity contribution in [2.24, 2.45) is 5.92 Å². The molecular formula is C27H30N2O2. The van der Waals surface area contributed by atoms with E-state index in [9.17, 15) is 9.59 Å². The molecule has 2 aromatic carbocycles. The number of amides is 2. The van der Waals surface area contributed by atoms with Gasteiger partial charge in [0, 0.05) is 31.5 Å². The van der Waals surface area contributed by atoms with Crippen molar-refractivity contribution >= 4 is 11.8 Å². The molecule has 1 aliphatic heterocycles. The first-order valence-corrected chi connectivity index (χ1v) is 11.3. The Morgan fingerprint density at radius 3 is 2.32 bits per heavy atom. The maximum Gasteiger partial charge on any atom is 0.298 e. The highest BCUT2D eigenvalue weighted by Crippen LogP contribution is 2.39. The van der Waals surface area contributed by atoms with Gasteiger partial charge >= 0.3 is 0 Å². The van der Waals surface area contributed by atoms with E-state index in [2.05, 4.69) is 30.2 Å². The Hall–Kier alpha value is -3.06. The zero-order valence-electron chi connectivity index (χ0n) is 18.0. The monoisotopic (exact) mass is 414 g/mol. The highest BCUT2D eigenvalue weighted by atomic mass is 16.2. The zero-order valence-corrected chi connectivity index (χ0v) is 18.0. The van der Waals surface area contributed by atoms with Crippen molar-refractivity contribution in [2.45, 2.75) is 37.5 Å². The van der Waals surface area contributed by atoms with Crippen molar-refractivity contribution in [3.63, 3.8) is 0 Å². The second-order valence-corrected chi connectivity index (χ2v) is 8.77. The fraction of sp³-hybridized carbons (Fsp3) is 0.407. The third-order valence-corrected chi connectivity index (χ3v) is 6.91. The Labute approximate surface area is 185 Å². The van der Waals surface area contributed by atoms with E-state index >= 15 is 0 Å². The van der Waals surface area contributed by atoms with Gasteiger partial charge in [0.25, 0.3) is 5.91 Å². The summed E-state index contributed by atoms with van der Waals surface area (Å²) < 4.78 is 0. The third kappa shape index (κ3) is 4.99. The molecule has 2 unspecified atom stereocenters. The predicted octanol–water partition coefficient (Wildman–Crippen LogP) is 4.05. The van der Waals surface area contributed by atoms with E-state index in [4.69, 9.17) is 6.42 Å². The molecule has 2 fully saturated rings. The number of rotatable bonds is 7. The molecule has 2 amide bonds. The van der Waals surface area contributed by atoms with E-state index in [0.717, 1.165) is 25.8 Å². The van der Waals surface area contributed by atoms with Crippen molar-refractivity contribution in [3.8, 4) is 12.3 Å². The van der Waals surface area contributed by atoms with Crippen LogP contribution in [0.5, 0.6) is 0 Å². The van der Waals surface area contributed by atoms with Crippen LogP contribution in [0.25, 0.3) is 0 Å². The minimum absolute atomic E-state index is 0.0116. The SMILES string of the molecule is C#CC(=O)N(CC(=O)N1CCC(c2ccccc2)C1)CC(c1ccccc1)C1CCC1. The molecule has 4 heteroatoms. The molecule has 0 aromatic heterocycles. The largest absolute Gasteiger partial charge is 0.341 e. The first-order valence-electron chi connectivity index (χ1n) is 11.3. The molecule has 0 radical (unpaired) electrons. The lowest BCUT2D eigenvalue weighted by Gasteiger charge is -2.37. The summed E-state index contributed by atoms with van der Waals surface area (Å²) in [5, 5.41) is 0. The number of hydrogen-bond donors (Lipinski definition) is 0. The molecule has 1 saturated heterocycles. The van der Waals surface area contributed by atoms with E-state index < -0.39 is 5.91 Å². The first-order chi connectivity index (χ1) is 15.2. The molecule has 2 aromatic rings. The molecule has 4 nitrogen and oxygen atoms in total. The van der Waals surface area contributed by atoms with Crippen LogP contribution in [0, 0.1) is 18.3 Å². The molecule has 31 heavy (non-hydrogen) atoms. The summed E-state index contributed by atoms with van der Waals surface area (Å²) in [6, 6.07) is 20.6. The van der Waals surface area contributed by atoms with Crippen LogP contribution >= 0.6 is 0 Å². The summed E-state index contributed by atoms with van der Waals surface area (Å²) in [6.07, 6.45) is 9.98. The van der Waals surface area contributed by atoms with Gasteiger partial charge in [-0.2, -0.15) is 0 Å². The maximum atomic E-state index is 13.1. The van der Waals surface area contributed by atoms with Gasteiger partial charge in [0.1, 0.15) is 6.54 Å². The molecule has 2 atom stereocenters. The summed E-state index contributed by atoms with van der Waals surface area (Å²) in [4.78, 5) is 29.1. The van der Waals surface area contributed by atoms with Crippen molar-refractivity contribution in [1.82, 2.24) is 9.80 Å². The molecule has 0 spiro atoms. The number of likely N-dealkylation sites (tertiary alicyclic amines) is 1. The third-order valence-electron chi connectivity index (χ3n) is 6.91. The van der Waals surface area contributed by atoms with E-state index in [1.165, 1.54) is 17.5 Å². The van der Waals surface area contributed by atoms with Crippen molar-refractivity contribution < 1.29 is 9.59 Å². The highest BCUT2D eigenvalue weighted by Gasteiger charge is 2.33. The fourth-order valence-corrected chi connectivity index (χ4v) is 4.86. The van der Waals surface area contributed by atoms with Crippen LogP contribution < -0.4 is 0 Å². The molecule has 0 N–H and O–H groups in total. The lowest BCUT2D eigenvalue weighted by Crippen LogP contribution is -2.44. The highest BCUT2D eigenvalue weighted by molar-refractivity contribution is 5.95. The molecule has 1 heterocycles. The van der Waals surface area contributed by atoms with Crippen LogP contribution in [-0.2, 0) is 9.59 Å². The topological polar surface area (TPSA) is 40.6 Å². The minimum atomic E-state index is -0.396. The van der Waals surface area contributed by atoms with Crippen molar-refractivity contribution in [2.75, 3.05) is 26.2 Å². The molecule has 1 saturated carbocycles. The fourth-order valence-electron chi connectivity index (χ4n) is 4.86. The number of hydrogen-bond acceptors (Lipinski definition) is 2. The summed E-state index contributed by atoms with van der Waals surface area (Å²) in [7, 11) is 0. The molecule has 160 valence electrons. The van der Waals surface area contributed by atoms with Gasteiger partial charge < -0.3 is 9.80 Å². The lowest BCUT2D eigenvalue weighted by molar-refractivity contribution is -0.137.